The van der Waals surface area contributed by atoms with E-state index in [0.29, 0.717) is 44.3 Å². The van der Waals surface area contributed by atoms with Crippen molar-refractivity contribution in [2.75, 3.05) is 13.1 Å². The van der Waals surface area contributed by atoms with Crippen LogP contribution in [0, 0.1) is 12.8 Å². The minimum atomic E-state index is -4.71. The number of hydrogen-bond donors (Lipinski definition) is 1. The zero-order valence-electron chi connectivity index (χ0n) is 15.0. The molecule has 2 aliphatic rings. The number of halogens is 3. The molecule has 7 heteroatoms. The van der Waals surface area contributed by atoms with Crippen LogP contribution in [0.25, 0.3) is 0 Å². The van der Waals surface area contributed by atoms with Crippen LogP contribution in [0.1, 0.15) is 49.7 Å². The Hall–Kier alpha value is -1.76. The van der Waals surface area contributed by atoms with Crippen LogP contribution in [0.15, 0.2) is 18.2 Å². The van der Waals surface area contributed by atoms with Gasteiger partial charge in [0.25, 0.3) is 0 Å². The van der Waals surface area contributed by atoms with Gasteiger partial charge in [-0.05, 0) is 62.6 Å². The highest BCUT2D eigenvalue weighted by Gasteiger charge is 2.44. The quantitative estimate of drug-likeness (QED) is 0.880. The molecular weight excluding hydrogens is 347 g/mol. The number of aryl methyl sites for hydroxylation is 1. The normalized spacial score (nSPS) is 27.2. The molecule has 0 aromatic heterocycles. The number of carbonyl (C=O) groups is 1. The maximum atomic E-state index is 12.5. The molecule has 0 atom stereocenters. The molecule has 0 bridgehead atoms. The van der Waals surface area contributed by atoms with Crippen LogP contribution in [0.5, 0.6) is 5.75 Å². The Morgan fingerprint density at radius 3 is 2.42 bits per heavy atom. The van der Waals surface area contributed by atoms with E-state index < -0.39 is 12.0 Å². The lowest BCUT2D eigenvalue weighted by atomic mass is 9.71. The predicted molar refractivity (Wildman–Crippen MR) is 89.8 cm³/mol. The fraction of sp³-hybridized carbons (Fsp3) is 0.632. The van der Waals surface area contributed by atoms with E-state index in [-0.39, 0.29) is 23.5 Å². The van der Waals surface area contributed by atoms with Gasteiger partial charge in [0, 0.05) is 19.0 Å². The maximum Gasteiger partial charge on any atom is 0.573 e. The molecule has 1 saturated carbocycles. The molecule has 1 aromatic rings. The fourth-order valence-corrected chi connectivity index (χ4v) is 3.97. The average Bonchev–Trinajstić information content (AvgIpc) is 2.53. The van der Waals surface area contributed by atoms with Gasteiger partial charge in [0.15, 0.2) is 0 Å². The van der Waals surface area contributed by atoms with Crippen molar-refractivity contribution in [3.8, 4) is 5.75 Å². The molecule has 4 nitrogen and oxygen atoms in total. The number of alkyl halides is 3. The summed E-state index contributed by atoms with van der Waals surface area (Å²) < 4.78 is 41.7. The molecule has 0 unspecified atom stereocenters. The summed E-state index contributed by atoms with van der Waals surface area (Å²) in [7, 11) is 0. The van der Waals surface area contributed by atoms with Gasteiger partial charge in [0.2, 0.25) is 5.91 Å². The van der Waals surface area contributed by atoms with Gasteiger partial charge in [0.1, 0.15) is 5.75 Å². The molecule has 1 amide bonds. The van der Waals surface area contributed by atoms with E-state index in [9.17, 15) is 23.1 Å². The predicted octanol–water partition coefficient (Wildman–Crippen LogP) is 3.76. The Kier molecular flexibility index (Phi) is 4.94. The van der Waals surface area contributed by atoms with Crippen molar-refractivity contribution in [3.63, 3.8) is 0 Å². The van der Waals surface area contributed by atoms with Crippen molar-refractivity contribution in [2.45, 2.75) is 57.4 Å². The van der Waals surface area contributed by atoms with E-state index in [2.05, 4.69) is 4.74 Å². The van der Waals surface area contributed by atoms with Gasteiger partial charge in [-0.25, -0.2) is 0 Å². The molecule has 1 N–H and O–H groups in total. The fourth-order valence-electron chi connectivity index (χ4n) is 3.97. The first-order chi connectivity index (χ1) is 12.0. The third kappa shape index (κ3) is 4.31. The molecule has 2 fully saturated rings. The maximum absolute atomic E-state index is 12.5. The van der Waals surface area contributed by atoms with Crippen molar-refractivity contribution < 1.29 is 27.8 Å². The number of aliphatic hydroxyl groups is 1. The van der Waals surface area contributed by atoms with Crippen molar-refractivity contribution in [1.82, 2.24) is 4.90 Å². The summed E-state index contributed by atoms with van der Waals surface area (Å²) in [6.07, 6.45) is -2.28. The van der Waals surface area contributed by atoms with Crippen LogP contribution in [0.2, 0.25) is 0 Å². The van der Waals surface area contributed by atoms with Gasteiger partial charge in [-0.1, -0.05) is 12.1 Å². The number of likely N-dealkylation sites (tertiary alicyclic amines) is 1. The Morgan fingerprint density at radius 2 is 1.88 bits per heavy atom. The van der Waals surface area contributed by atoms with Gasteiger partial charge in [-0.15, -0.1) is 13.2 Å². The highest BCUT2D eigenvalue weighted by molar-refractivity contribution is 5.80. The number of hydrogen-bond acceptors (Lipinski definition) is 3. The third-order valence-electron chi connectivity index (χ3n) is 5.44. The van der Waals surface area contributed by atoms with Crippen LogP contribution in [-0.2, 0) is 4.79 Å². The van der Waals surface area contributed by atoms with Gasteiger partial charge in [-0.2, -0.15) is 0 Å². The lowest BCUT2D eigenvalue weighted by molar-refractivity contribution is -0.274. The number of rotatable bonds is 3. The first-order valence-corrected chi connectivity index (χ1v) is 8.91. The SMILES string of the molecule is Cc1ccc(C2CCN(C(=O)C3CC(C)(O)C3)CC2)cc1OC(F)(F)F. The van der Waals surface area contributed by atoms with Crippen LogP contribution >= 0.6 is 0 Å². The first-order valence-electron chi connectivity index (χ1n) is 8.91. The third-order valence-corrected chi connectivity index (χ3v) is 5.44. The zero-order chi connectivity index (χ0) is 19.1. The summed E-state index contributed by atoms with van der Waals surface area (Å²) in [5, 5.41) is 9.79. The van der Waals surface area contributed by atoms with Crippen LogP contribution < -0.4 is 4.74 Å². The number of benzene rings is 1. The molecule has 26 heavy (non-hydrogen) atoms. The molecule has 1 saturated heterocycles. The Morgan fingerprint density at radius 1 is 1.27 bits per heavy atom. The van der Waals surface area contributed by atoms with Gasteiger partial charge >= 0.3 is 6.36 Å². The number of ether oxygens (including phenoxy) is 1. The molecule has 0 spiro atoms. The van der Waals surface area contributed by atoms with E-state index in [0.717, 1.165) is 5.56 Å². The number of amides is 1. The van der Waals surface area contributed by atoms with Crippen molar-refractivity contribution >= 4 is 5.91 Å². The van der Waals surface area contributed by atoms with Gasteiger partial charge < -0.3 is 14.7 Å². The van der Waals surface area contributed by atoms with E-state index in [1.54, 1.807) is 19.9 Å². The van der Waals surface area contributed by atoms with Crippen molar-refractivity contribution in [1.29, 1.82) is 0 Å². The average molecular weight is 371 g/mol. The summed E-state index contributed by atoms with van der Waals surface area (Å²) in [5.41, 5.74) is 0.527. The van der Waals surface area contributed by atoms with Crippen molar-refractivity contribution in [3.05, 3.63) is 29.3 Å². The van der Waals surface area contributed by atoms with E-state index >= 15 is 0 Å². The summed E-state index contributed by atoms with van der Waals surface area (Å²) in [6, 6.07) is 4.95. The topological polar surface area (TPSA) is 49.8 Å². The molecule has 1 aromatic carbocycles. The number of nitrogens with zero attached hydrogens (tertiary/aromatic N) is 1. The standard InChI is InChI=1S/C19H24F3NO3/c1-12-3-4-14(9-16(12)26-19(20,21)22)13-5-7-23(8-6-13)17(24)15-10-18(2,25)11-15/h3-4,9,13,15,25H,5-8,10-11H2,1-2H3. The zero-order valence-corrected chi connectivity index (χ0v) is 15.0. The van der Waals surface area contributed by atoms with Crippen LogP contribution in [-0.4, -0.2) is 41.0 Å². The summed E-state index contributed by atoms with van der Waals surface area (Å²) >= 11 is 0. The molecule has 144 valence electrons. The highest BCUT2D eigenvalue weighted by atomic mass is 19.4. The smallest absolute Gasteiger partial charge is 0.406 e. The summed E-state index contributed by atoms with van der Waals surface area (Å²) in [4.78, 5) is 14.3. The lowest BCUT2D eigenvalue weighted by Crippen LogP contribution is -2.51. The molecular formula is C19H24F3NO3. The Labute approximate surface area is 150 Å². The molecule has 1 aliphatic heterocycles. The molecule has 3 rings (SSSR count). The van der Waals surface area contributed by atoms with E-state index in [4.69, 9.17) is 0 Å². The van der Waals surface area contributed by atoms with Gasteiger partial charge in [0.05, 0.1) is 5.60 Å². The molecule has 1 aliphatic carbocycles. The molecule has 1 heterocycles. The number of carbonyl (C=O) groups excluding carboxylic acids is 1. The second-order valence-electron chi connectivity index (χ2n) is 7.77. The summed E-state index contributed by atoms with van der Waals surface area (Å²) in [6.45, 7) is 4.50. The summed E-state index contributed by atoms with van der Waals surface area (Å²) in [5.74, 6) is -0.0716. The van der Waals surface area contributed by atoms with Gasteiger partial charge in [-0.3, -0.25) is 4.79 Å². The minimum Gasteiger partial charge on any atom is -0.406 e. The van der Waals surface area contributed by atoms with Crippen LogP contribution in [0.4, 0.5) is 13.2 Å². The minimum absolute atomic E-state index is 0.0833. The number of piperidine rings is 1. The lowest BCUT2D eigenvalue weighted by Gasteiger charge is -2.43. The second kappa shape index (κ2) is 6.76. The van der Waals surface area contributed by atoms with E-state index in [1.807, 2.05) is 11.0 Å². The Bertz CT molecular complexity index is 671. The van der Waals surface area contributed by atoms with E-state index in [1.165, 1.54) is 6.07 Å². The Balaban J connectivity index is 1.60. The molecule has 0 radical (unpaired) electrons. The van der Waals surface area contributed by atoms with Crippen molar-refractivity contribution in [2.24, 2.45) is 5.92 Å². The second-order valence-corrected chi connectivity index (χ2v) is 7.77. The first kappa shape index (κ1) is 19.0. The monoisotopic (exact) mass is 371 g/mol. The highest BCUT2D eigenvalue weighted by Crippen LogP contribution is 2.40. The largest absolute Gasteiger partial charge is 0.573 e. The van der Waals surface area contributed by atoms with Crippen LogP contribution in [0.3, 0.4) is 0 Å².